The molecule has 0 amide bonds. The Bertz CT molecular complexity index is 239. The molecule has 4 heteroatoms. The second-order valence-electron chi connectivity index (χ2n) is 2.14. The molecular formula is C7H11N3O. The number of anilines is 1. The van der Waals surface area contributed by atoms with Crippen LogP contribution in [0.3, 0.4) is 0 Å². The summed E-state index contributed by atoms with van der Waals surface area (Å²) in [5, 5.41) is 1.58. The van der Waals surface area contributed by atoms with Crippen LogP contribution in [-0.2, 0) is 4.84 Å². The minimum atomic E-state index is 0.742. The van der Waals surface area contributed by atoms with Gasteiger partial charge in [0.05, 0.1) is 7.11 Å². The lowest BCUT2D eigenvalue weighted by molar-refractivity contribution is 0.182. The molecule has 60 valence electrons. The Kier molecular flexibility index (Phi) is 2.38. The van der Waals surface area contributed by atoms with Gasteiger partial charge in [0.25, 0.3) is 0 Å². The third kappa shape index (κ3) is 1.88. The second-order valence-corrected chi connectivity index (χ2v) is 2.14. The molecule has 1 aromatic rings. The van der Waals surface area contributed by atoms with E-state index in [1.807, 2.05) is 6.92 Å². The predicted octanol–water partition coefficient (Wildman–Crippen LogP) is 0.783. The third-order valence-electron chi connectivity index (χ3n) is 1.36. The Labute approximate surface area is 65.8 Å². The van der Waals surface area contributed by atoms with E-state index in [9.17, 15) is 0 Å². The summed E-state index contributed by atoms with van der Waals surface area (Å²) in [7, 11) is 3.39. The van der Waals surface area contributed by atoms with Gasteiger partial charge in [0, 0.05) is 19.3 Å². The molecule has 1 heterocycles. The zero-order valence-electron chi connectivity index (χ0n) is 6.90. The van der Waals surface area contributed by atoms with Crippen LogP contribution < -0.4 is 5.06 Å². The van der Waals surface area contributed by atoms with E-state index >= 15 is 0 Å². The van der Waals surface area contributed by atoms with Gasteiger partial charge in [-0.1, -0.05) is 0 Å². The molecular weight excluding hydrogens is 142 g/mol. The van der Waals surface area contributed by atoms with E-state index in [4.69, 9.17) is 4.84 Å². The fourth-order valence-corrected chi connectivity index (χ4v) is 0.713. The van der Waals surface area contributed by atoms with Crippen LogP contribution in [0.2, 0.25) is 0 Å². The van der Waals surface area contributed by atoms with Crippen molar-refractivity contribution in [2.45, 2.75) is 6.92 Å². The molecule has 0 bridgehead atoms. The number of hydrogen-bond acceptors (Lipinski definition) is 4. The van der Waals surface area contributed by atoms with Crippen molar-refractivity contribution in [1.82, 2.24) is 9.97 Å². The van der Waals surface area contributed by atoms with E-state index < -0.39 is 0 Å². The first-order valence-corrected chi connectivity index (χ1v) is 3.31. The van der Waals surface area contributed by atoms with E-state index in [-0.39, 0.29) is 0 Å². The molecule has 0 spiro atoms. The van der Waals surface area contributed by atoms with Gasteiger partial charge in [0.1, 0.15) is 5.82 Å². The van der Waals surface area contributed by atoms with E-state index in [1.54, 1.807) is 31.5 Å². The minimum absolute atomic E-state index is 0.742. The fourth-order valence-electron chi connectivity index (χ4n) is 0.713. The van der Waals surface area contributed by atoms with Gasteiger partial charge in [0.15, 0.2) is 5.82 Å². The molecule has 0 radical (unpaired) electrons. The van der Waals surface area contributed by atoms with Gasteiger partial charge in [-0.15, -0.1) is 0 Å². The average Bonchev–Trinajstić information content (AvgIpc) is 2.03. The highest BCUT2D eigenvalue weighted by atomic mass is 16.7. The maximum absolute atomic E-state index is 4.93. The first-order chi connectivity index (χ1) is 5.24. The summed E-state index contributed by atoms with van der Waals surface area (Å²) in [6, 6.07) is 1.79. The quantitative estimate of drug-likeness (QED) is 0.588. The Morgan fingerprint density at radius 2 is 2.27 bits per heavy atom. The standard InChI is InChI=1S/C7H11N3O/c1-6-8-5-4-7(9-6)10(2)11-3/h4-5H,1-3H3. The molecule has 0 unspecified atom stereocenters. The van der Waals surface area contributed by atoms with Crippen LogP contribution in [0.4, 0.5) is 5.82 Å². The Balaban J connectivity index is 2.86. The Morgan fingerprint density at radius 3 is 2.82 bits per heavy atom. The summed E-state index contributed by atoms with van der Waals surface area (Å²) in [6.07, 6.45) is 1.70. The molecule has 1 rings (SSSR count). The molecule has 0 N–H and O–H groups in total. The van der Waals surface area contributed by atoms with E-state index in [0.717, 1.165) is 11.6 Å². The number of hydrogen-bond donors (Lipinski definition) is 0. The van der Waals surface area contributed by atoms with Crippen molar-refractivity contribution in [1.29, 1.82) is 0 Å². The predicted molar refractivity (Wildman–Crippen MR) is 42.2 cm³/mol. The van der Waals surface area contributed by atoms with Gasteiger partial charge in [-0.05, 0) is 6.92 Å². The van der Waals surface area contributed by atoms with Crippen molar-refractivity contribution in [2.24, 2.45) is 0 Å². The minimum Gasteiger partial charge on any atom is -0.276 e. The van der Waals surface area contributed by atoms with Crippen LogP contribution in [0, 0.1) is 6.92 Å². The summed E-state index contributed by atoms with van der Waals surface area (Å²) >= 11 is 0. The first-order valence-electron chi connectivity index (χ1n) is 3.31. The molecule has 1 aromatic heterocycles. The third-order valence-corrected chi connectivity index (χ3v) is 1.36. The van der Waals surface area contributed by atoms with Gasteiger partial charge < -0.3 is 0 Å². The van der Waals surface area contributed by atoms with Crippen molar-refractivity contribution in [3.05, 3.63) is 18.1 Å². The smallest absolute Gasteiger partial charge is 0.155 e. The van der Waals surface area contributed by atoms with Gasteiger partial charge in [0.2, 0.25) is 0 Å². The summed E-state index contributed by atoms with van der Waals surface area (Å²) in [4.78, 5) is 13.0. The van der Waals surface area contributed by atoms with Crippen LogP contribution in [-0.4, -0.2) is 24.1 Å². The van der Waals surface area contributed by atoms with Crippen molar-refractivity contribution in [3.8, 4) is 0 Å². The Hall–Kier alpha value is -1.16. The molecule has 0 saturated carbocycles. The summed E-state index contributed by atoms with van der Waals surface area (Å²) in [5.41, 5.74) is 0. The normalized spacial score (nSPS) is 9.73. The lowest BCUT2D eigenvalue weighted by Crippen LogP contribution is -2.16. The number of rotatable bonds is 2. The largest absolute Gasteiger partial charge is 0.276 e. The highest BCUT2D eigenvalue weighted by Crippen LogP contribution is 2.05. The molecule has 0 aliphatic heterocycles. The number of hydroxylamine groups is 1. The maximum Gasteiger partial charge on any atom is 0.155 e. The molecule has 0 fully saturated rings. The fraction of sp³-hybridized carbons (Fsp3) is 0.429. The molecule has 0 aliphatic carbocycles. The van der Waals surface area contributed by atoms with Gasteiger partial charge in [-0.2, -0.15) is 0 Å². The highest BCUT2D eigenvalue weighted by Gasteiger charge is 1.99. The maximum atomic E-state index is 4.93. The number of aromatic nitrogens is 2. The van der Waals surface area contributed by atoms with Crippen molar-refractivity contribution >= 4 is 5.82 Å². The molecule has 11 heavy (non-hydrogen) atoms. The van der Waals surface area contributed by atoms with Crippen molar-refractivity contribution in [2.75, 3.05) is 19.2 Å². The average molecular weight is 153 g/mol. The van der Waals surface area contributed by atoms with Crippen LogP contribution in [0.15, 0.2) is 12.3 Å². The van der Waals surface area contributed by atoms with E-state index in [1.165, 1.54) is 0 Å². The van der Waals surface area contributed by atoms with Gasteiger partial charge in [-0.3, -0.25) is 4.84 Å². The second kappa shape index (κ2) is 3.30. The van der Waals surface area contributed by atoms with Gasteiger partial charge >= 0.3 is 0 Å². The molecule has 0 saturated heterocycles. The molecule has 0 aliphatic rings. The number of nitrogens with zero attached hydrogens (tertiary/aromatic N) is 3. The SMILES string of the molecule is CON(C)c1ccnc(C)n1. The monoisotopic (exact) mass is 153 g/mol. The zero-order valence-corrected chi connectivity index (χ0v) is 6.90. The summed E-state index contributed by atoms with van der Waals surface area (Å²) in [5.74, 6) is 1.51. The van der Waals surface area contributed by atoms with Crippen LogP contribution >= 0.6 is 0 Å². The number of aryl methyl sites for hydroxylation is 1. The Morgan fingerprint density at radius 1 is 1.55 bits per heavy atom. The lowest BCUT2D eigenvalue weighted by atomic mass is 10.5. The molecule has 0 aromatic carbocycles. The van der Waals surface area contributed by atoms with Crippen LogP contribution in [0.1, 0.15) is 5.82 Å². The van der Waals surface area contributed by atoms with Crippen LogP contribution in [0.5, 0.6) is 0 Å². The molecule has 0 atom stereocenters. The van der Waals surface area contributed by atoms with Crippen molar-refractivity contribution < 1.29 is 4.84 Å². The van der Waals surface area contributed by atoms with Crippen molar-refractivity contribution in [3.63, 3.8) is 0 Å². The van der Waals surface area contributed by atoms with E-state index in [2.05, 4.69) is 9.97 Å². The molecule has 4 nitrogen and oxygen atoms in total. The topological polar surface area (TPSA) is 38.2 Å². The summed E-state index contributed by atoms with van der Waals surface area (Å²) < 4.78 is 0. The first kappa shape index (κ1) is 7.94. The van der Waals surface area contributed by atoms with E-state index in [0.29, 0.717) is 0 Å². The zero-order chi connectivity index (χ0) is 8.27. The van der Waals surface area contributed by atoms with Crippen LogP contribution in [0.25, 0.3) is 0 Å². The lowest BCUT2D eigenvalue weighted by Gasteiger charge is -2.13. The summed E-state index contributed by atoms with van der Waals surface area (Å²) in [6.45, 7) is 1.84. The highest BCUT2D eigenvalue weighted by molar-refractivity contribution is 5.32. The van der Waals surface area contributed by atoms with Gasteiger partial charge in [-0.25, -0.2) is 15.0 Å².